The Morgan fingerprint density at radius 2 is 1.45 bits per heavy atom. The molecule has 0 saturated heterocycles. The van der Waals surface area contributed by atoms with Crippen LogP contribution in [0.4, 0.5) is 5.69 Å². The molecule has 0 unspecified atom stereocenters. The summed E-state index contributed by atoms with van der Waals surface area (Å²) in [5.41, 5.74) is 0.946. The standard InChI is InChI=1S/C29H32Cl3N3O4S/c1-4-20(3)33-29(37)27(5-2)34(18-21-9-11-22(30)12-10-21)28(36)19-35(25-8-6-7-24(32)17-25)40(38,39)26-15-13-23(31)14-16-26/h6-17,20,27H,4-5,18-19H2,1-3H3,(H,33,37)/t20-,27+/m0/s1. The summed E-state index contributed by atoms with van der Waals surface area (Å²) in [5, 5.41) is 4.16. The Morgan fingerprint density at radius 3 is 2.00 bits per heavy atom. The van der Waals surface area contributed by atoms with E-state index in [0.717, 1.165) is 16.3 Å². The Bertz CT molecular complexity index is 1420. The third-order valence-electron chi connectivity index (χ3n) is 6.43. The van der Waals surface area contributed by atoms with Crippen molar-refractivity contribution in [3.8, 4) is 0 Å². The minimum absolute atomic E-state index is 0.0459. The summed E-state index contributed by atoms with van der Waals surface area (Å²) in [4.78, 5) is 28.7. The number of rotatable bonds is 12. The molecule has 11 heteroatoms. The van der Waals surface area contributed by atoms with Gasteiger partial charge in [-0.05, 0) is 79.9 Å². The van der Waals surface area contributed by atoms with Crippen LogP contribution < -0.4 is 9.62 Å². The molecule has 1 N–H and O–H groups in total. The van der Waals surface area contributed by atoms with Crippen molar-refractivity contribution in [2.75, 3.05) is 10.8 Å². The third-order valence-corrected chi connectivity index (χ3v) is 8.96. The highest BCUT2D eigenvalue weighted by Crippen LogP contribution is 2.28. The zero-order valence-electron chi connectivity index (χ0n) is 22.5. The number of anilines is 1. The predicted molar refractivity (Wildman–Crippen MR) is 161 cm³/mol. The van der Waals surface area contributed by atoms with E-state index >= 15 is 0 Å². The Hall–Kier alpha value is -2.78. The normalized spacial score (nSPS) is 12.8. The summed E-state index contributed by atoms with van der Waals surface area (Å²) >= 11 is 18.2. The molecule has 0 radical (unpaired) electrons. The molecular formula is C29H32Cl3N3O4S. The van der Waals surface area contributed by atoms with Crippen LogP contribution in [0.15, 0.2) is 77.7 Å². The average Bonchev–Trinajstić information content (AvgIpc) is 2.92. The van der Waals surface area contributed by atoms with Crippen molar-refractivity contribution in [1.29, 1.82) is 0 Å². The minimum atomic E-state index is -4.22. The van der Waals surface area contributed by atoms with Gasteiger partial charge in [0.2, 0.25) is 11.8 Å². The number of amides is 2. The van der Waals surface area contributed by atoms with Gasteiger partial charge in [0.05, 0.1) is 10.6 Å². The summed E-state index contributed by atoms with van der Waals surface area (Å²) in [5.74, 6) is -0.868. The number of nitrogens with zero attached hydrogens (tertiary/aromatic N) is 2. The van der Waals surface area contributed by atoms with Crippen LogP contribution >= 0.6 is 34.8 Å². The van der Waals surface area contributed by atoms with E-state index in [2.05, 4.69) is 5.32 Å². The van der Waals surface area contributed by atoms with E-state index < -0.39 is 28.5 Å². The summed E-state index contributed by atoms with van der Waals surface area (Å²) in [6.07, 6.45) is 1.04. The Balaban J connectivity index is 2.05. The Kier molecular flexibility index (Phi) is 11.3. The summed E-state index contributed by atoms with van der Waals surface area (Å²) in [6, 6.07) is 17.9. The van der Waals surface area contributed by atoms with E-state index in [-0.39, 0.29) is 29.1 Å². The zero-order chi connectivity index (χ0) is 29.4. The summed E-state index contributed by atoms with van der Waals surface area (Å²) in [7, 11) is -4.22. The quantitative estimate of drug-likeness (QED) is 0.247. The van der Waals surface area contributed by atoms with E-state index in [4.69, 9.17) is 34.8 Å². The van der Waals surface area contributed by atoms with Crippen molar-refractivity contribution in [2.24, 2.45) is 0 Å². The molecule has 0 heterocycles. The lowest BCUT2D eigenvalue weighted by Gasteiger charge is -2.33. The second-order valence-electron chi connectivity index (χ2n) is 9.34. The lowest BCUT2D eigenvalue weighted by Crippen LogP contribution is -2.53. The van der Waals surface area contributed by atoms with Gasteiger partial charge in [-0.2, -0.15) is 0 Å². The third kappa shape index (κ3) is 8.13. The first-order valence-corrected chi connectivity index (χ1v) is 15.4. The molecule has 0 aromatic heterocycles. The zero-order valence-corrected chi connectivity index (χ0v) is 25.6. The minimum Gasteiger partial charge on any atom is -0.352 e. The first-order valence-electron chi connectivity index (χ1n) is 12.8. The summed E-state index contributed by atoms with van der Waals surface area (Å²) in [6.45, 7) is 5.16. The topological polar surface area (TPSA) is 86.8 Å². The van der Waals surface area contributed by atoms with Crippen LogP contribution in [0.5, 0.6) is 0 Å². The van der Waals surface area contributed by atoms with Gasteiger partial charge in [-0.1, -0.05) is 66.8 Å². The fourth-order valence-electron chi connectivity index (χ4n) is 4.04. The van der Waals surface area contributed by atoms with Gasteiger partial charge in [0, 0.05) is 27.7 Å². The van der Waals surface area contributed by atoms with Gasteiger partial charge in [0.15, 0.2) is 0 Å². The van der Waals surface area contributed by atoms with Crippen LogP contribution in [0.25, 0.3) is 0 Å². The van der Waals surface area contributed by atoms with E-state index in [1.807, 2.05) is 20.8 Å². The van der Waals surface area contributed by atoms with E-state index in [1.54, 1.807) is 42.5 Å². The van der Waals surface area contributed by atoms with Gasteiger partial charge in [0.25, 0.3) is 10.0 Å². The molecule has 3 aromatic rings. The van der Waals surface area contributed by atoms with Gasteiger partial charge in [-0.3, -0.25) is 13.9 Å². The maximum Gasteiger partial charge on any atom is 0.264 e. The number of nitrogens with one attached hydrogen (secondary N) is 1. The van der Waals surface area contributed by atoms with Crippen molar-refractivity contribution in [2.45, 2.75) is 57.1 Å². The van der Waals surface area contributed by atoms with Crippen LogP contribution in [-0.2, 0) is 26.2 Å². The second kappa shape index (κ2) is 14.2. The number of carbonyl (C=O) groups is 2. The van der Waals surface area contributed by atoms with Crippen molar-refractivity contribution in [1.82, 2.24) is 10.2 Å². The monoisotopic (exact) mass is 623 g/mol. The molecule has 0 aliphatic heterocycles. The number of hydrogen-bond acceptors (Lipinski definition) is 4. The predicted octanol–water partition coefficient (Wildman–Crippen LogP) is 6.56. The fraction of sp³-hybridized carbons (Fsp3) is 0.310. The van der Waals surface area contributed by atoms with E-state index in [1.165, 1.54) is 35.2 Å². The van der Waals surface area contributed by atoms with Crippen molar-refractivity contribution < 1.29 is 18.0 Å². The molecule has 2 atom stereocenters. The Labute approximate surface area is 251 Å². The average molecular weight is 625 g/mol. The lowest BCUT2D eigenvalue weighted by molar-refractivity contribution is -0.140. The van der Waals surface area contributed by atoms with Crippen LogP contribution in [0.3, 0.4) is 0 Å². The van der Waals surface area contributed by atoms with E-state index in [9.17, 15) is 18.0 Å². The highest BCUT2D eigenvalue weighted by atomic mass is 35.5. The molecule has 3 rings (SSSR count). The SMILES string of the molecule is CC[C@H](C(=O)N[C@@H](C)CC)N(Cc1ccc(Cl)cc1)C(=O)CN(c1cccc(Cl)c1)S(=O)(=O)c1ccc(Cl)cc1. The van der Waals surface area contributed by atoms with Gasteiger partial charge in [0.1, 0.15) is 12.6 Å². The van der Waals surface area contributed by atoms with Gasteiger partial charge < -0.3 is 10.2 Å². The number of carbonyl (C=O) groups excluding carboxylic acids is 2. The molecule has 214 valence electrons. The number of benzene rings is 3. The molecular weight excluding hydrogens is 593 g/mol. The molecule has 0 saturated carbocycles. The molecule has 0 fully saturated rings. The highest BCUT2D eigenvalue weighted by Gasteiger charge is 2.34. The molecule has 0 aliphatic carbocycles. The van der Waals surface area contributed by atoms with E-state index in [0.29, 0.717) is 21.5 Å². The van der Waals surface area contributed by atoms with Crippen LogP contribution in [0.2, 0.25) is 15.1 Å². The molecule has 40 heavy (non-hydrogen) atoms. The smallest absolute Gasteiger partial charge is 0.264 e. The number of hydrogen-bond donors (Lipinski definition) is 1. The largest absolute Gasteiger partial charge is 0.352 e. The summed E-state index contributed by atoms with van der Waals surface area (Å²) < 4.78 is 28.7. The fourth-order valence-corrected chi connectivity index (χ4v) is 5.88. The number of sulfonamides is 1. The van der Waals surface area contributed by atoms with Crippen molar-refractivity contribution in [3.05, 3.63) is 93.4 Å². The van der Waals surface area contributed by atoms with Crippen LogP contribution in [-0.4, -0.2) is 43.8 Å². The van der Waals surface area contributed by atoms with Crippen LogP contribution in [0.1, 0.15) is 39.2 Å². The van der Waals surface area contributed by atoms with Crippen molar-refractivity contribution >= 4 is 62.3 Å². The molecule has 0 aliphatic rings. The van der Waals surface area contributed by atoms with Gasteiger partial charge in [-0.25, -0.2) is 8.42 Å². The Morgan fingerprint density at radius 1 is 0.850 bits per heavy atom. The van der Waals surface area contributed by atoms with Gasteiger partial charge in [-0.15, -0.1) is 0 Å². The molecule has 0 bridgehead atoms. The second-order valence-corrected chi connectivity index (χ2v) is 12.5. The van der Waals surface area contributed by atoms with Gasteiger partial charge >= 0.3 is 0 Å². The van der Waals surface area contributed by atoms with Crippen LogP contribution in [0, 0.1) is 0 Å². The first-order chi connectivity index (χ1) is 19.0. The maximum atomic E-state index is 14.0. The molecule has 2 amide bonds. The maximum absolute atomic E-state index is 14.0. The number of halogens is 3. The lowest BCUT2D eigenvalue weighted by atomic mass is 10.1. The highest BCUT2D eigenvalue weighted by molar-refractivity contribution is 7.92. The molecule has 7 nitrogen and oxygen atoms in total. The molecule has 0 spiro atoms. The van der Waals surface area contributed by atoms with Crippen molar-refractivity contribution in [3.63, 3.8) is 0 Å². The molecule has 3 aromatic carbocycles. The first kappa shape index (κ1) is 31.7.